The molecule has 19 heavy (non-hydrogen) atoms. The minimum absolute atomic E-state index is 0.386. The molecular formula is C17H22O2. The molecule has 1 aromatic rings. The fourth-order valence-corrected chi connectivity index (χ4v) is 2.43. The van der Waals surface area contributed by atoms with Crippen LogP contribution in [0.5, 0.6) is 0 Å². The van der Waals surface area contributed by atoms with Gasteiger partial charge < -0.3 is 9.84 Å². The van der Waals surface area contributed by atoms with Crippen molar-refractivity contribution in [2.24, 2.45) is 0 Å². The maximum absolute atomic E-state index is 10.3. The first-order valence-electron chi connectivity index (χ1n) is 7.13. The van der Waals surface area contributed by atoms with Gasteiger partial charge in [0.2, 0.25) is 0 Å². The first-order chi connectivity index (χ1) is 9.29. The fourth-order valence-electron chi connectivity index (χ4n) is 2.43. The second-order valence-corrected chi connectivity index (χ2v) is 5.23. The van der Waals surface area contributed by atoms with E-state index in [1.54, 1.807) is 0 Å². The molecule has 0 aromatic heterocycles. The third kappa shape index (κ3) is 5.06. The van der Waals surface area contributed by atoms with Gasteiger partial charge >= 0.3 is 0 Å². The quantitative estimate of drug-likeness (QED) is 0.512. The monoisotopic (exact) mass is 258 g/mol. The summed E-state index contributed by atoms with van der Waals surface area (Å²) in [5.41, 5.74) is 0.379. The second-order valence-electron chi connectivity index (χ2n) is 5.23. The van der Waals surface area contributed by atoms with E-state index in [1.807, 2.05) is 30.3 Å². The topological polar surface area (TPSA) is 29.5 Å². The van der Waals surface area contributed by atoms with E-state index < -0.39 is 5.60 Å². The number of ether oxygens (including phenoxy) is 1. The molecule has 1 N–H and O–H groups in total. The summed E-state index contributed by atoms with van der Waals surface area (Å²) in [6.07, 6.45) is 6.20. The Balaban J connectivity index is 1.74. The third-order valence-electron chi connectivity index (χ3n) is 3.54. The molecule has 0 bridgehead atoms. The Kier molecular flexibility index (Phi) is 5.44. The van der Waals surface area contributed by atoms with E-state index >= 15 is 0 Å². The molecule has 102 valence electrons. The molecule has 0 heterocycles. The lowest BCUT2D eigenvalue weighted by Gasteiger charge is -2.19. The molecule has 1 aliphatic carbocycles. The van der Waals surface area contributed by atoms with Crippen molar-refractivity contribution in [3.63, 3.8) is 0 Å². The Morgan fingerprint density at radius 3 is 2.42 bits per heavy atom. The van der Waals surface area contributed by atoms with E-state index in [0.29, 0.717) is 13.2 Å². The average molecular weight is 258 g/mol. The third-order valence-corrected chi connectivity index (χ3v) is 3.54. The maximum Gasteiger partial charge on any atom is 0.125 e. The minimum Gasteiger partial charge on any atom is -0.378 e. The average Bonchev–Trinajstić information content (AvgIpc) is 2.65. The van der Waals surface area contributed by atoms with Crippen LogP contribution in [0.3, 0.4) is 0 Å². The number of benzene rings is 1. The van der Waals surface area contributed by atoms with Crippen molar-refractivity contribution in [2.45, 2.75) is 50.7 Å². The van der Waals surface area contributed by atoms with Crippen molar-refractivity contribution in [3.8, 4) is 11.8 Å². The van der Waals surface area contributed by atoms with E-state index in [-0.39, 0.29) is 0 Å². The van der Waals surface area contributed by atoms with Crippen LogP contribution in [0.4, 0.5) is 0 Å². The fraction of sp³-hybridized carbons (Fsp3) is 0.529. The van der Waals surface area contributed by atoms with Crippen molar-refractivity contribution in [2.75, 3.05) is 6.61 Å². The normalized spacial score (nSPS) is 18.2. The summed E-state index contributed by atoms with van der Waals surface area (Å²) in [5.74, 6) is 5.98. The van der Waals surface area contributed by atoms with Crippen LogP contribution in [0.2, 0.25) is 0 Å². The van der Waals surface area contributed by atoms with Crippen LogP contribution >= 0.6 is 0 Å². The van der Waals surface area contributed by atoms with Crippen LogP contribution < -0.4 is 0 Å². The lowest BCUT2D eigenvalue weighted by Crippen LogP contribution is -2.25. The molecule has 2 rings (SSSR count). The molecule has 1 aliphatic rings. The highest BCUT2D eigenvalue weighted by atomic mass is 16.5. The first-order valence-corrected chi connectivity index (χ1v) is 7.13. The van der Waals surface area contributed by atoms with Gasteiger partial charge in [0.1, 0.15) is 12.2 Å². The van der Waals surface area contributed by atoms with Gasteiger partial charge in [0.15, 0.2) is 0 Å². The van der Waals surface area contributed by atoms with Crippen molar-refractivity contribution in [3.05, 3.63) is 35.9 Å². The van der Waals surface area contributed by atoms with Gasteiger partial charge in [-0.25, -0.2) is 0 Å². The Bertz CT molecular complexity index is 420. The molecule has 0 radical (unpaired) electrons. The maximum atomic E-state index is 10.3. The van der Waals surface area contributed by atoms with Crippen molar-refractivity contribution < 1.29 is 9.84 Å². The molecule has 2 heteroatoms. The van der Waals surface area contributed by atoms with Gasteiger partial charge in [-0.15, -0.1) is 0 Å². The summed E-state index contributed by atoms with van der Waals surface area (Å²) in [6.45, 7) is 0.963. The summed E-state index contributed by atoms with van der Waals surface area (Å²) in [5, 5.41) is 10.3. The van der Waals surface area contributed by atoms with E-state index in [4.69, 9.17) is 4.74 Å². The molecule has 0 aliphatic heterocycles. The summed E-state index contributed by atoms with van der Waals surface area (Å²) in [6, 6.07) is 10.1. The zero-order valence-corrected chi connectivity index (χ0v) is 11.4. The number of rotatable bonds is 3. The highest BCUT2D eigenvalue weighted by molar-refractivity contribution is 5.15. The van der Waals surface area contributed by atoms with Crippen LogP contribution in [0, 0.1) is 11.8 Å². The summed E-state index contributed by atoms with van der Waals surface area (Å²) in [7, 11) is 0. The second kappa shape index (κ2) is 7.33. The Hall–Kier alpha value is -1.30. The van der Waals surface area contributed by atoms with E-state index in [2.05, 4.69) is 11.8 Å². The van der Waals surface area contributed by atoms with Gasteiger partial charge in [-0.2, -0.15) is 0 Å². The molecule has 0 saturated heterocycles. The Labute approximate surface area is 115 Å². The van der Waals surface area contributed by atoms with Crippen LogP contribution in [0.25, 0.3) is 0 Å². The Morgan fingerprint density at radius 1 is 1.05 bits per heavy atom. The smallest absolute Gasteiger partial charge is 0.125 e. The number of hydrogen-bond donors (Lipinski definition) is 1. The lowest BCUT2D eigenvalue weighted by molar-refractivity contribution is 0.0841. The molecule has 0 atom stereocenters. The van der Waals surface area contributed by atoms with Crippen molar-refractivity contribution in [1.82, 2.24) is 0 Å². The Morgan fingerprint density at radius 2 is 1.74 bits per heavy atom. The SMILES string of the molecule is OC1(C#CCOCc2ccccc2)CCCCCC1. The largest absolute Gasteiger partial charge is 0.378 e. The number of hydrogen-bond acceptors (Lipinski definition) is 2. The van der Waals surface area contributed by atoms with Gasteiger partial charge in [-0.1, -0.05) is 55.0 Å². The standard InChI is InChI=1S/C17H22O2/c18-17(11-6-1-2-7-12-17)13-8-14-19-15-16-9-4-3-5-10-16/h3-5,9-10,18H,1-2,6-7,11-12,14-15H2. The lowest BCUT2D eigenvalue weighted by atomic mass is 9.95. The summed E-state index contributed by atoms with van der Waals surface area (Å²) < 4.78 is 5.50. The van der Waals surface area contributed by atoms with Gasteiger partial charge in [-0.3, -0.25) is 0 Å². The molecule has 0 unspecified atom stereocenters. The van der Waals surface area contributed by atoms with Crippen LogP contribution in [-0.4, -0.2) is 17.3 Å². The predicted octanol–water partition coefficient (Wildman–Crippen LogP) is 3.29. The van der Waals surface area contributed by atoms with Gasteiger partial charge in [0, 0.05) is 0 Å². The summed E-state index contributed by atoms with van der Waals surface area (Å²) >= 11 is 0. The molecular weight excluding hydrogens is 236 g/mol. The highest BCUT2D eigenvalue weighted by Crippen LogP contribution is 2.26. The van der Waals surface area contributed by atoms with E-state index in [0.717, 1.165) is 31.2 Å². The van der Waals surface area contributed by atoms with Crippen molar-refractivity contribution >= 4 is 0 Å². The molecule has 1 saturated carbocycles. The number of aliphatic hydroxyl groups is 1. The van der Waals surface area contributed by atoms with Gasteiger partial charge in [0.25, 0.3) is 0 Å². The summed E-state index contributed by atoms with van der Waals surface area (Å²) in [4.78, 5) is 0. The van der Waals surface area contributed by atoms with E-state index in [9.17, 15) is 5.11 Å². The zero-order valence-electron chi connectivity index (χ0n) is 11.4. The van der Waals surface area contributed by atoms with E-state index in [1.165, 1.54) is 12.8 Å². The van der Waals surface area contributed by atoms with Crippen LogP contribution in [0.1, 0.15) is 44.1 Å². The predicted molar refractivity (Wildman–Crippen MR) is 76.5 cm³/mol. The molecule has 0 spiro atoms. The van der Waals surface area contributed by atoms with Crippen LogP contribution in [0.15, 0.2) is 30.3 Å². The zero-order chi connectivity index (χ0) is 13.4. The van der Waals surface area contributed by atoms with Gasteiger partial charge in [-0.05, 0) is 31.2 Å². The molecule has 1 aromatic carbocycles. The molecule has 2 nitrogen and oxygen atoms in total. The minimum atomic E-state index is -0.771. The highest BCUT2D eigenvalue weighted by Gasteiger charge is 2.24. The molecule has 1 fully saturated rings. The van der Waals surface area contributed by atoms with Crippen LogP contribution in [-0.2, 0) is 11.3 Å². The first kappa shape index (κ1) is 14.1. The molecule has 0 amide bonds. The van der Waals surface area contributed by atoms with Crippen molar-refractivity contribution in [1.29, 1.82) is 0 Å². The van der Waals surface area contributed by atoms with Gasteiger partial charge in [0.05, 0.1) is 6.61 Å².